The molecule has 0 heterocycles. The van der Waals surface area contributed by atoms with Gasteiger partial charge in [0.15, 0.2) is 12.3 Å². The first-order valence-electron chi connectivity index (χ1n) is 7.00. The highest BCUT2D eigenvalue weighted by atomic mass is 19.4. The number of benzene rings is 2. The summed E-state index contributed by atoms with van der Waals surface area (Å²) in [6.07, 6.45) is -4.89. The molecule has 0 aliphatic heterocycles. The summed E-state index contributed by atoms with van der Waals surface area (Å²) in [7, 11) is 0. The number of ether oxygens (including phenoxy) is 1. The summed E-state index contributed by atoms with van der Waals surface area (Å²) in [5.41, 5.74) is 1.02. The van der Waals surface area contributed by atoms with Crippen LogP contribution in [0.3, 0.4) is 0 Å². The lowest BCUT2D eigenvalue weighted by atomic mass is 9.98. The Morgan fingerprint density at radius 2 is 1.79 bits per heavy atom. The van der Waals surface area contributed by atoms with Gasteiger partial charge in [0.05, 0.1) is 18.1 Å². The number of hydrogen-bond acceptors (Lipinski definition) is 4. The lowest BCUT2D eigenvalue weighted by molar-refractivity contribution is -0.137. The molecular weight excluding hydrogens is 321 g/mol. The van der Waals surface area contributed by atoms with Gasteiger partial charge < -0.3 is 9.84 Å². The molecular formula is C17H15F3N2O2. The van der Waals surface area contributed by atoms with Crippen molar-refractivity contribution >= 4 is 12.3 Å². The van der Waals surface area contributed by atoms with Gasteiger partial charge in [0.25, 0.3) is 0 Å². The minimum atomic E-state index is -4.38. The van der Waals surface area contributed by atoms with Crippen LogP contribution in [0.1, 0.15) is 23.7 Å². The number of aliphatic hydroxyl groups excluding tert-OH is 1. The standard InChI is InChI=1S/C17H15F3N2O2/c18-17(19,20)14-6-4-11(5-7-14)12-2-1-3-13(8-12)15(23)9-16(22)24-10-21/h1-8,10,15,21-23H,9H2. The summed E-state index contributed by atoms with van der Waals surface area (Å²) in [6, 6.07) is 11.4. The smallest absolute Gasteiger partial charge is 0.416 e. The van der Waals surface area contributed by atoms with Crippen LogP contribution in [0, 0.1) is 10.8 Å². The zero-order chi connectivity index (χ0) is 17.7. The molecule has 126 valence electrons. The van der Waals surface area contributed by atoms with Crippen LogP contribution in [0.5, 0.6) is 0 Å². The molecule has 0 saturated heterocycles. The van der Waals surface area contributed by atoms with Crippen LogP contribution in [0.15, 0.2) is 48.5 Å². The Balaban J connectivity index is 2.21. The van der Waals surface area contributed by atoms with Gasteiger partial charge in [-0.2, -0.15) is 13.2 Å². The second-order valence-electron chi connectivity index (χ2n) is 5.08. The first kappa shape index (κ1) is 17.7. The van der Waals surface area contributed by atoms with Crippen LogP contribution < -0.4 is 0 Å². The van der Waals surface area contributed by atoms with E-state index < -0.39 is 17.8 Å². The summed E-state index contributed by atoms with van der Waals surface area (Å²) >= 11 is 0. The van der Waals surface area contributed by atoms with Crippen molar-refractivity contribution in [2.45, 2.75) is 18.7 Å². The summed E-state index contributed by atoms with van der Waals surface area (Å²) in [5.74, 6) is -0.252. The van der Waals surface area contributed by atoms with Gasteiger partial charge in [-0.05, 0) is 34.9 Å². The van der Waals surface area contributed by atoms with Gasteiger partial charge in [0, 0.05) is 0 Å². The third-order valence-electron chi connectivity index (χ3n) is 3.40. The monoisotopic (exact) mass is 336 g/mol. The Kier molecular flexibility index (Phi) is 5.35. The fourth-order valence-corrected chi connectivity index (χ4v) is 2.19. The van der Waals surface area contributed by atoms with Crippen molar-refractivity contribution in [3.05, 3.63) is 59.7 Å². The molecule has 2 aromatic carbocycles. The number of rotatable bonds is 5. The summed E-state index contributed by atoms with van der Waals surface area (Å²) in [6.45, 7) is 0. The van der Waals surface area contributed by atoms with Crippen LogP contribution in [0.2, 0.25) is 0 Å². The molecule has 1 unspecified atom stereocenters. The van der Waals surface area contributed by atoms with E-state index in [0.29, 0.717) is 23.1 Å². The average molecular weight is 336 g/mol. The van der Waals surface area contributed by atoms with Crippen molar-refractivity contribution in [1.29, 1.82) is 10.8 Å². The molecule has 0 aromatic heterocycles. The average Bonchev–Trinajstić information content (AvgIpc) is 2.54. The normalized spacial score (nSPS) is 12.5. The fourth-order valence-electron chi connectivity index (χ4n) is 2.19. The molecule has 0 amide bonds. The predicted molar refractivity (Wildman–Crippen MR) is 84.1 cm³/mol. The molecule has 24 heavy (non-hydrogen) atoms. The quantitative estimate of drug-likeness (QED) is 0.559. The van der Waals surface area contributed by atoms with Crippen LogP contribution in [0.4, 0.5) is 13.2 Å². The molecule has 7 heteroatoms. The van der Waals surface area contributed by atoms with Gasteiger partial charge in [0.1, 0.15) is 0 Å². The zero-order valence-electron chi connectivity index (χ0n) is 12.5. The van der Waals surface area contributed by atoms with E-state index >= 15 is 0 Å². The number of aliphatic hydroxyl groups is 1. The molecule has 0 fully saturated rings. The van der Waals surface area contributed by atoms with Crippen LogP contribution in [-0.2, 0) is 10.9 Å². The van der Waals surface area contributed by atoms with E-state index in [1.54, 1.807) is 24.3 Å². The molecule has 0 radical (unpaired) electrons. The van der Waals surface area contributed by atoms with Gasteiger partial charge in [-0.15, -0.1) is 0 Å². The van der Waals surface area contributed by atoms with E-state index in [0.717, 1.165) is 12.1 Å². The number of nitrogens with one attached hydrogen (secondary N) is 2. The molecule has 0 saturated carbocycles. The molecule has 0 aliphatic carbocycles. The van der Waals surface area contributed by atoms with Gasteiger partial charge >= 0.3 is 6.18 Å². The van der Waals surface area contributed by atoms with E-state index in [-0.39, 0.29) is 12.3 Å². The lowest BCUT2D eigenvalue weighted by Crippen LogP contribution is -2.08. The Morgan fingerprint density at radius 3 is 2.38 bits per heavy atom. The highest BCUT2D eigenvalue weighted by Crippen LogP contribution is 2.31. The van der Waals surface area contributed by atoms with Crippen molar-refractivity contribution in [3.63, 3.8) is 0 Å². The molecule has 0 aliphatic rings. The Bertz CT molecular complexity index is 727. The molecule has 2 rings (SSSR count). The van der Waals surface area contributed by atoms with E-state index in [1.165, 1.54) is 12.1 Å². The van der Waals surface area contributed by atoms with Crippen LogP contribution in [-0.4, -0.2) is 17.4 Å². The fraction of sp³-hybridized carbons (Fsp3) is 0.176. The molecule has 0 spiro atoms. The van der Waals surface area contributed by atoms with Crippen LogP contribution >= 0.6 is 0 Å². The first-order valence-corrected chi connectivity index (χ1v) is 7.00. The highest BCUT2D eigenvalue weighted by Gasteiger charge is 2.29. The molecule has 2 aromatic rings. The van der Waals surface area contributed by atoms with E-state index in [1.807, 2.05) is 0 Å². The maximum Gasteiger partial charge on any atom is 0.416 e. The third kappa shape index (κ3) is 4.42. The zero-order valence-corrected chi connectivity index (χ0v) is 12.5. The molecule has 0 bridgehead atoms. The second kappa shape index (κ2) is 7.27. The summed E-state index contributed by atoms with van der Waals surface area (Å²) in [5, 5.41) is 24.3. The minimum absolute atomic E-state index is 0.105. The maximum absolute atomic E-state index is 12.6. The van der Waals surface area contributed by atoms with E-state index in [9.17, 15) is 18.3 Å². The van der Waals surface area contributed by atoms with Crippen molar-refractivity contribution < 1.29 is 23.0 Å². The van der Waals surface area contributed by atoms with Crippen molar-refractivity contribution in [3.8, 4) is 11.1 Å². The van der Waals surface area contributed by atoms with Crippen LogP contribution in [0.25, 0.3) is 11.1 Å². The van der Waals surface area contributed by atoms with Gasteiger partial charge in [-0.25, -0.2) is 0 Å². The second-order valence-corrected chi connectivity index (χ2v) is 5.08. The lowest BCUT2D eigenvalue weighted by Gasteiger charge is -2.13. The Morgan fingerprint density at radius 1 is 1.12 bits per heavy atom. The van der Waals surface area contributed by atoms with E-state index in [2.05, 4.69) is 4.74 Å². The SMILES string of the molecule is N=COC(=N)CC(O)c1cccc(-c2ccc(C(F)(F)F)cc2)c1. The Labute approximate surface area is 136 Å². The summed E-state index contributed by atoms with van der Waals surface area (Å²) < 4.78 is 42.3. The van der Waals surface area contributed by atoms with Gasteiger partial charge in [-0.3, -0.25) is 10.8 Å². The molecule has 1 atom stereocenters. The maximum atomic E-state index is 12.6. The number of alkyl halides is 3. The highest BCUT2D eigenvalue weighted by molar-refractivity contribution is 5.80. The van der Waals surface area contributed by atoms with E-state index in [4.69, 9.17) is 10.8 Å². The third-order valence-corrected chi connectivity index (χ3v) is 3.40. The topological polar surface area (TPSA) is 77.2 Å². The predicted octanol–water partition coefficient (Wildman–Crippen LogP) is 4.40. The van der Waals surface area contributed by atoms with Gasteiger partial charge in [0.2, 0.25) is 0 Å². The number of halogens is 3. The Hall–Kier alpha value is -2.67. The minimum Gasteiger partial charge on any atom is -0.433 e. The van der Waals surface area contributed by atoms with Crippen molar-refractivity contribution in [2.75, 3.05) is 0 Å². The van der Waals surface area contributed by atoms with Crippen molar-refractivity contribution in [1.82, 2.24) is 0 Å². The number of hydrogen-bond donors (Lipinski definition) is 3. The first-order chi connectivity index (χ1) is 11.3. The van der Waals surface area contributed by atoms with Gasteiger partial charge in [-0.1, -0.05) is 30.3 Å². The largest absolute Gasteiger partial charge is 0.433 e. The van der Waals surface area contributed by atoms with Crippen molar-refractivity contribution in [2.24, 2.45) is 0 Å². The molecule has 4 nitrogen and oxygen atoms in total. The summed E-state index contributed by atoms with van der Waals surface area (Å²) in [4.78, 5) is 0. The molecule has 3 N–H and O–H groups in total.